The minimum Gasteiger partial charge on any atom is -0.477 e. The minimum absolute atomic E-state index is 0.151. The van der Waals surface area contributed by atoms with E-state index in [1.807, 2.05) is 41.1 Å². The summed E-state index contributed by atoms with van der Waals surface area (Å²) in [6.45, 7) is 0. The molecule has 0 saturated heterocycles. The number of carboxylic acids is 1. The zero-order valence-electron chi connectivity index (χ0n) is 12.0. The smallest absolute Gasteiger partial charge is 0.352 e. The number of amides is 1. The lowest BCUT2D eigenvalue weighted by molar-refractivity contribution is -0.132. The van der Waals surface area contributed by atoms with Crippen LogP contribution in [0.3, 0.4) is 0 Å². The van der Waals surface area contributed by atoms with Gasteiger partial charge in [0, 0.05) is 5.56 Å². The number of benzene rings is 2. The molecule has 0 saturated carbocycles. The highest BCUT2D eigenvalue weighted by Crippen LogP contribution is 2.16. The number of hydrogen-bond acceptors (Lipinski definition) is 3. The first-order chi connectivity index (χ1) is 11.1. The average molecular weight is 323 g/mol. The third-order valence-corrected chi connectivity index (χ3v) is 4.05. The van der Waals surface area contributed by atoms with Gasteiger partial charge in [0.25, 0.3) is 5.91 Å². The number of aliphatic carboxylic acids is 1. The molecule has 3 aromatic rings. The predicted molar refractivity (Wildman–Crippen MR) is 91.3 cm³/mol. The van der Waals surface area contributed by atoms with Crippen LogP contribution < -0.4 is 5.32 Å². The molecule has 2 aromatic carbocycles. The van der Waals surface area contributed by atoms with Crippen LogP contribution in [0.15, 0.2) is 65.0 Å². The van der Waals surface area contributed by atoms with E-state index in [9.17, 15) is 14.7 Å². The van der Waals surface area contributed by atoms with E-state index in [-0.39, 0.29) is 5.70 Å². The Morgan fingerprint density at radius 3 is 2.52 bits per heavy atom. The van der Waals surface area contributed by atoms with Gasteiger partial charge in [0.2, 0.25) is 0 Å². The Morgan fingerprint density at radius 1 is 1.04 bits per heavy atom. The second-order valence-electron chi connectivity index (χ2n) is 4.94. The molecule has 0 radical (unpaired) electrons. The molecule has 1 aromatic heterocycles. The van der Waals surface area contributed by atoms with Crippen molar-refractivity contribution in [3.63, 3.8) is 0 Å². The van der Waals surface area contributed by atoms with E-state index in [1.54, 1.807) is 18.2 Å². The van der Waals surface area contributed by atoms with Gasteiger partial charge >= 0.3 is 5.97 Å². The summed E-state index contributed by atoms with van der Waals surface area (Å²) in [4.78, 5) is 23.6. The number of fused-ring (bicyclic) bond motifs is 1. The van der Waals surface area contributed by atoms with Gasteiger partial charge in [-0.25, -0.2) is 4.79 Å². The highest BCUT2D eigenvalue weighted by Gasteiger charge is 2.13. The maximum atomic E-state index is 12.3. The van der Waals surface area contributed by atoms with Gasteiger partial charge in [-0.05, 0) is 51.4 Å². The Hall–Kier alpha value is -2.92. The van der Waals surface area contributed by atoms with Crippen molar-refractivity contribution in [3.8, 4) is 0 Å². The minimum atomic E-state index is -1.18. The van der Waals surface area contributed by atoms with Gasteiger partial charge < -0.3 is 10.4 Å². The summed E-state index contributed by atoms with van der Waals surface area (Å²) >= 11 is 1.46. The van der Waals surface area contributed by atoms with Gasteiger partial charge in [-0.3, -0.25) is 4.79 Å². The van der Waals surface area contributed by atoms with Crippen molar-refractivity contribution < 1.29 is 14.7 Å². The van der Waals surface area contributed by atoms with Crippen LogP contribution in [0, 0.1) is 0 Å². The Kier molecular flexibility index (Phi) is 4.21. The molecule has 0 unspecified atom stereocenters. The molecule has 3 rings (SSSR count). The molecule has 0 atom stereocenters. The number of nitrogens with one attached hydrogen (secondary N) is 1. The van der Waals surface area contributed by atoms with E-state index >= 15 is 0 Å². The summed E-state index contributed by atoms with van der Waals surface area (Å²) in [5.41, 5.74) is 1.01. The molecule has 1 amide bonds. The quantitative estimate of drug-likeness (QED) is 0.719. The first-order valence-electron chi connectivity index (χ1n) is 6.91. The van der Waals surface area contributed by atoms with Crippen molar-refractivity contribution in [1.82, 2.24) is 5.32 Å². The monoisotopic (exact) mass is 323 g/mol. The van der Waals surface area contributed by atoms with Crippen molar-refractivity contribution in [3.05, 3.63) is 76.1 Å². The second kappa shape index (κ2) is 6.46. The zero-order chi connectivity index (χ0) is 16.2. The summed E-state index contributed by atoms with van der Waals surface area (Å²) < 4.78 is 0. The molecule has 0 fully saturated rings. The van der Waals surface area contributed by atoms with E-state index in [4.69, 9.17) is 0 Å². The highest BCUT2D eigenvalue weighted by atomic mass is 32.1. The standard InChI is InChI=1S/C18H13NO3S/c20-17(15-6-5-13-3-1-2-4-14(13)10-15)19-16(18(21)22)9-12-7-8-23-11-12/h1-11H,(H,19,20)(H,21,22). The van der Waals surface area contributed by atoms with Crippen LogP contribution in [0.25, 0.3) is 16.8 Å². The summed E-state index contributed by atoms with van der Waals surface area (Å²) in [5.74, 6) is -1.62. The normalized spacial score (nSPS) is 11.4. The van der Waals surface area contributed by atoms with Crippen molar-refractivity contribution in [2.24, 2.45) is 0 Å². The van der Waals surface area contributed by atoms with Crippen molar-refractivity contribution >= 4 is 40.1 Å². The molecule has 0 aliphatic rings. The lowest BCUT2D eigenvalue weighted by atomic mass is 10.1. The molecule has 0 spiro atoms. The van der Waals surface area contributed by atoms with Crippen molar-refractivity contribution in [2.45, 2.75) is 0 Å². The lowest BCUT2D eigenvalue weighted by Gasteiger charge is -2.07. The van der Waals surface area contributed by atoms with Crippen LogP contribution >= 0.6 is 11.3 Å². The van der Waals surface area contributed by atoms with Gasteiger partial charge in [0.15, 0.2) is 0 Å². The molecule has 23 heavy (non-hydrogen) atoms. The Balaban J connectivity index is 1.87. The molecular weight excluding hydrogens is 310 g/mol. The number of hydrogen-bond donors (Lipinski definition) is 2. The van der Waals surface area contributed by atoms with E-state index < -0.39 is 11.9 Å². The molecular formula is C18H13NO3S. The average Bonchev–Trinajstić information content (AvgIpc) is 3.06. The third-order valence-electron chi connectivity index (χ3n) is 3.34. The summed E-state index contributed by atoms with van der Waals surface area (Å²) in [5, 5.41) is 17.3. The van der Waals surface area contributed by atoms with Crippen molar-refractivity contribution in [1.29, 1.82) is 0 Å². The summed E-state index contributed by atoms with van der Waals surface area (Å²) in [6.07, 6.45) is 1.44. The number of carbonyl (C=O) groups excluding carboxylic acids is 1. The molecule has 5 heteroatoms. The predicted octanol–water partition coefficient (Wildman–Crippen LogP) is 3.76. The Bertz CT molecular complexity index is 898. The maximum Gasteiger partial charge on any atom is 0.352 e. The Morgan fingerprint density at radius 2 is 1.83 bits per heavy atom. The molecule has 0 aliphatic carbocycles. The number of carboxylic acid groups (broad SMARTS) is 1. The van der Waals surface area contributed by atoms with Crippen LogP contribution in [-0.2, 0) is 4.79 Å². The fourth-order valence-corrected chi connectivity index (χ4v) is 2.82. The highest BCUT2D eigenvalue weighted by molar-refractivity contribution is 7.08. The number of rotatable bonds is 4. The van der Waals surface area contributed by atoms with Gasteiger partial charge in [-0.15, -0.1) is 0 Å². The van der Waals surface area contributed by atoms with Crippen LogP contribution in [0.2, 0.25) is 0 Å². The molecule has 0 aliphatic heterocycles. The van der Waals surface area contributed by atoms with Gasteiger partial charge in [0.1, 0.15) is 5.70 Å². The maximum absolute atomic E-state index is 12.3. The molecule has 2 N–H and O–H groups in total. The summed E-state index contributed by atoms with van der Waals surface area (Å²) in [7, 11) is 0. The van der Waals surface area contributed by atoms with Crippen molar-refractivity contribution in [2.75, 3.05) is 0 Å². The van der Waals surface area contributed by atoms with Crippen LogP contribution in [0.5, 0.6) is 0 Å². The number of carbonyl (C=O) groups is 2. The third kappa shape index (κ3) is 3.46. The van der Waals surface area contributed by atoms with Crippen LogP contribution in [-0.4, -0.2) is 17.0 Å². The van der Waals surface area contributed by atoms with Gasteiger partial charge in [-0.2, -0.15) is 11.3 Å². The molecule has 0 bridgehead atoms. The summed E-state index contributed by atoms with van der Waals surface area (Å²) in [6, 6.07) is 14.7. The van der Waals surface area contributed by atoms with Crippen LogP contribution in [0.4, 0.5) is 0 Å². The number of thiophene rings is 1. The van der Waals surface area contributed by atoms with Crippen LogP contribution in [0.1, 0.15) is 15.9 Å². The topological polar surface area (TPSA) is 66.4 Å². The fourth-order valence-electron chi connectivity index (χ4n) is 2.20. The second-order valence-corrected chi connectivity index (χ2v) is 5.72. The molecule has 114 valence electrons. The van der Waals surface area contributed by atoms with E-state index in [1.165, 1.54) is 17.4 Å². The van der Waals surface area contributed by atoms with Gasteiger partial charge in [-0.1, -0.05) is 30.3 Å². The fraction of sp³-hybridized carbons (Fsp3) is 0. The van der Waals surface area contributed by atoms with Gasteiger partial charge in [0.05, 0.1) is 0 Å². The lowest BCUT2D eigenvalue weighted by Crippen LogP contribution is -2.27. The van der Waals surface area contributed by atoms with E-state index in [2.05, 4.69) is 5.32 Å². The zero-order valence-corrected chi connectivity index (χ0v) is 12.8. The molecule has 4 nitrogen and oxygen atoms in total. The SMILES string of the molecule is O=C(O)C(=Cc1ccsc1)NC(=O)c1ccc2ccccc2c1. The van der Waals surface area contributed by atoms with E-state index in [0.29, 0.717) is 5.56 Å². The first kappa shape index (κ1) is 15.0. The largest absolute Gasteiger partial charge is 0.477 e. The van der Waals surface area contributed by atoms with E-state index in [0.717, 1.165) is 16.3 Å². The Labute approximate surface area is 136 Å². The molecule has 1 heterocycles. The first-order valence-corrected chi connectivity index (χ1v) is 7.85.